The van der Waals surface area contributed by atoms with Crippen LogP contribution in [0.15, 0.2) is 71.7 Å². The van der Waals surface area contributed by atoms with Crippen LogP contribution in [0.2, 0.25) is 0 Å². The number of rotatable bonds is 6. The number of aromatic nitrogens is 3. The van der Waals surface area contributed by atoms with Crippen molar-refractivity contribution in [1.82, 2.24) is 19.4 Å². The number of fused-ring (bicyclic) bond motifs is 1. The van der Waals surface area contributed by atoms with Crippen LogP contribution in [0.1, 0.15) is 15.9 Å². The first-order valence-corrected chi connectivity index (χ1v) is 9.35. The van der Waals surface area contributed by atoms with Crippen molar-refractivity contribution in [3.63, 3.8) is 0 Å². The maximum Gasteiger partial charge on any atom is 0.330 e. The summed E-state index contributed by atoms with van der Waals surface area (Å²) in [6.45, 7) is 0.634. The molecule has 1 amide bonds. The van der Waals surface area contributed by atoms with Gasteiger partial charge < -0.3 is 5.32 Å². The summed E-state index contributed by atoms with van der Waals surface area (Å²) in [7, 11) is 0. The lowest BCUT2D eigenvalue weighted by Crippen LogP contribution is -2.32. The van der Waals surface area contributed by atoms with Gasteiger partial charge in [0.05, 0.1) is 12.1 Å². The Labute approximate surface area is 170 Å². The Morgan fingerprint density at radius 1 is 0.967 bits per heavy atom. The van der Waals surface area contributed by atoms with Crippen LogP contribution in [0, 0.1) is 11.6 Å². The third-order valence-electron chi connectivity index (χ3n) is 4.74. The molecule has 0 aliphatic heterocycles. The summed E-state index contributed by atoms with van der Waals surface area (Å²) in [5.74, 6) is -1.26. The molecule has 0 spiro atoms. The van der Waals surface area contributed by atoms with Gasteiger partial charge in [-0.05, 0) is 48.0 Å². The third-order valence-corrected chi connectivity index (χ3v) is 4.74. The molecule has 0 saturated carbocycles. The zero-order valence-corrected chi connectivity index (χ0v) is 15.9. The minimum atomic E-state index is -0.494. The molecule has 0 fully saturated rings. The van der Waals surface area contributed by atoms with Crippen LogP contribution >= 0.6 is 0 Å². The minimum Gasteiger partial charge on any atom is -0.350 e. The van der Waals surface area contributed by atoms with Crippen molar-refractivity contribution in [2.75, 3.05) is 6.54 Å². The Morgan fingerprint density at radius 2 is 1.77 bits per heavy atom. The Bertz CT molecular complexity index is 1260. The molecular weight excluding hydrogens is 390 g/mol. The molecule has 8 heteroatoms. The second-order valence-electron chi connectivity index (χ2n) is 6.76. The van der Waals surface area contributed by atoms with E-state index in [4.69, 9.17) is 0 Å². The van der Waals surface area contributed by atoms with E-state index in [1.165, 1.54) is 34.9 Å². The van der Waals surface area contributed by atoms with Gasteiger partial charge in [0.15, 0.2) is 5.65 Å². The van der Waals surface area contributed by atoms with Crippen molar-refractivity contribution in [2.45, 2.75) is 13.1 Å². The maximum absolute atomic E-state index is 13.3. The lowest BCUT2D eigenvalue weighted by atomic mass is 10.2. The molecule has 4 aromatic rings. The van der Waals surface area contributed by atoms with E-state index >= 15 is 0 Å². The summed E-state index contributed by atoms with van der Waals surface area (Å²) in [5, 5.41) is 2.69. The number of hydrogen-bond donors (Lipinski definition) is 1. The molecule has 0 saturated heterocycles. The summed E-state index contributed by atoms with van der Waals surface area (Å²) in [6, 6.07) is 14.9. The quantitative estimate of drug-likeness (QED) is 0.533. The molecule has 2 heterocycles. The van der Waals surface area contributed by atoms with E-state index in [0.717, 1.165) is 11.6 Å². The number of halogens is 2. The molecule has 0 aliphatic rings. The van der Waals surface area contributed by atoms with Crippen molar-refractivity contribution in [3.05, 3.63) is 100 Å². The van der Waals surface area contributed by atoms with E-state index in [0.29, 0.717) is 11.2 Å². The van der Waals surface area contributed by atoms with Crippen molar-refractivity contribution < 1.29 is 13.6 Å². The lowest BCUT2D eigenvalue weighted by Gasteiger charge is -2.06. The molecular formula is C22H18F2N4O2. The maximum atomic E-state index is 13.3. The van der Waals surface area contributed by atoms with E-state index in [9.17, 15) is 18.4 Å². The normalized spacial score (nSPS) is 11.0. The standard InChI is InChI=1S/C22H18F2N4O2/c23-17-8-6-15(7-9-17)14-28-19-5-2-10-25-20(19)27(22(28)30)12-11-26-21(29)16-3-1-4-18(24)13-16/h1-10,13H,11-12,14H2,(H,26,29). The molecule has 152 valence electrons. The first kappa shape index (κ1) is 19.5. The summed E-state index contributed by atoms with van der Waals surface area (Å²) < 4.78 is 29.5. The van der Waals surface area contributed by atoms with E-state index in [1.807, 2.05) is 0 Å². The molecule has 0 bridgehead atoms. The van der Waals surface area contributed by atoms with Crippen molar-refractivity contribution in [1.29, 1.82) is 0 Å². The fraction of sp³-hybridized carbons (Fsp3) is 0.136. The topological polar surface area (TPSA) is 68.9 Å². The van der Waals surface area contributed by atoms with Gasteiger partial charge >= 0.3 is 5.69 Å². The van der Waals surface area contributed by atoms with Crippen LogP contribution in [0.4, 0.5) is 8.78 Å². The summed E-state index contributed by atoms with van der Waals surface area (Å²) in [6.07, 6.45) is 1.59. The highest BCUT2D eigenvalue weighted by molar-refractivity contribution is 5.94. The molecule has 1 N–H and O–H groups in total. The molecule has 6 nitrogen and oxygen atoms in total. The van der Waals surface area contributed by atoms with Gasteiger partial charge in [0.1, 0.15) is 11.6 Å². The van der Waals surface area contributed by atoms with Crippen molar-refractivity contribution in [3.8, 4) is 0 Å². The van der Waals surface area contributed by atoms with Gasteiger partial charge in [-0.3, -0.25) is 13.9 Å². The fourth-order valence-corrected chi connectivity index (χ4v) is 3.29. The number of nitrogens with zero attached hydrogens (tertiary/aromatic N) is 3. The number of benzene rings is 2. The molecule has 0 aliphatic carbocycles. The molecule has 4 rings (SSSR count). The van der Waals surface area contributed by atoms with Crippen LogP contribution < -0.4 is 11.0 Å². The van der Waals surface area contributed by atoms with Crippen LogP contribution in [-0.2, 0) is 13.1 Å². The van der Waals surface area contributed by atoms with Crippen LogP contribution in [0.25, 0.3) is 11.2 Å². The average molecular weight is 408 g/mol. The number of nitrogens with one attached hydrogen (secondary N) is 1. The summed E-state index contributed by atoms with van der Waals surface area (Å²) in [4.78, 5) is 29.5. The molecule has 0 unspecified atom stereocenters. The third kappa shape index (κ3) is 3.98. The highest BCUT2D eigenvalue weighted by Gasteiger charge is 2.15. The largest absolute Gasteiger partial charge is 0.350 e. The number of carbonyl (C=O) groups is 1. The second kappa shape index (κ2) is 8.28. The Balaban J connectivity index is 1.55. The number of imidazole rings is 1. The SMILES string of the molecule is O=C(NCCn1c(=O)n(Cc2ccc(F)cc2)c2cccnc21)c1cccc(F)c1. The lowest BCUT2D eigenvalue weighted by molar-refractivity contribution is 0.0952. The van der Waals surface area contributed by atoms with Gasteiger partial charge in [-0.15, -0.1) is 0 Å². The van der Waals surface area contributed by atoms with E-state index in [2.05, 4.69) is 10.3 Å². The van der Waals surface area contributed by atoms with Crippen molar-refractivity contribution >= 4 is 17.1 Å². The monoisotopic (exact) mass is 408 g/mol. The predicted molar refractivity (Wildman–Crippen MR) is 108 cm³/mol. The van der Waals surface area contributed by atoms with Crippen molar-refractivity contribution in [2.24, 2.45) is 0 Å². The van der Waals surface area contributed by atoms with Crippen LogP contribution in [0.3, 0.4) is 0 Å². The first-order valence-electron chi connectivity index (χ1n) is 9.35. The van der Waals surface area contributed by atoms with Crippen LogP contribution in [-0.4, -0.2) is 26.6 Å². The minimum absolute atomic E-state index is 0.168. The summed E-state index contributed by atoms with van der Waals surface area (Å²) in [5.41, 5.74) is 1.83. The van der Waals surface area contributed by atoms with Gasteiger partial charge in [0, 0.05) is 24.8 Å². The molecule has 2 aromatic heterocycles. The highest BCUT2D eigenvalue weighted by Crippen LogP contribution is 2.13. The van der Waals surface area contributed by atoms with Crippen LogP contribution in [0.5, 0.6) is 0 Å². The zero-order valence-electron chi connectivity index (χ0n) is 15.9. The predicted octanol–water partition coefficient (Wildman–Crippen LogP) is 2.95. The first-order chi connectivity index (χ1) is 14.5. The van der Waals surface area contributed by atoms with Gasteiger partial charge in [-0.2, -0.15) is 0 Å². The Hall–Kier alpha value is -3.81. The number of hydrogen-bond acceptors (Lipinski definition) is 3. The van der Waals surface area contributed by atoms with E-state index in [1.54, 1.807) is 35.0 Å². The van der Waals surface area contributed by atoms with Gasteiger partial charge in [-0.1, -0.05) is 18.2 Å². The Morgan fingerprint density at radius 3 is 2.53 bits per heavy atom. The average Bonchev–Trinajstić information content (AvgIpc) is 3.01. The van der Waals surface area contributed by atoms with E-state index in [-0.39, 0.29) is 36.7 Å². The highest BCUT2D eigenvalue weighted by atomic mass is 19.1. The molecule has 2 aromatic carbocycles. The smallest absolute Gasteiger partial charge is 0.330 e. The van der Waals surface area contributed by atoms with Gasteiger partial charge in [-0.25, -0.2) is 18.6 Å². The molecule has 0 atom stereocenters. The fourth-order valence-electron chi connectivity index (χ4n) is 3.29. The number of amides is 1. The van der Waals surface area contributed by atoms with E-state index < -0.39 is 11.7 Å². The number of carbonyl (C=O) groups excluding carboxylic acids is 1. The molecule has 30 heavy (non-hydrogen) atoms. The summed E-state index contributed by atoms with van der Waals surface area (Å²) >= 11 is 0. The Kier molecular flexibility index (Phi) is 5.38. The number of pyridine rings is 1. The molecule has 0 radical (unpaired) electrons. The second-order valence-corrected chi connectivity index (χ2v) is 6.76. The van der Waals surface area contributed by atoms with Gasteiger partial charge in [0.2, 0.25) is 0 Å². The van der Waals surface area contributed by atoms with Gasteiger partial charge in [0.25, 0.3) is 5.91 Å². The zero-order chi connectivity index (χ0) is 21.1.